The summed E-state index contributed by atoms with van der Waals surface area (Å²) in [7, 11) is -2.39. The molecule has 0 unspecified atom stereocenters. The molecule has 0 aliphatic carbocycles. The molecule has 2 aromatic rings. The van der Waals surface area contributed by atoms with Gasteiger partial charge in [0.25, 0.3) is 5.91 Å². The van der Waals surface area contributed by atoms with Gasteiger partial charge in [0.1, 0.15) is 10.6 Å². The Kier molecular flexibility index (Phi) is 5.95. The van der Waals surface area contributed by atoms with Crippen LogP contribution in [-0.4, -0.2) is 39.4 Å². The molecule has 0 radical (unpaired) electrons. The van der Waals surface area contributed by atoms with Crippen molar-refractivity contribution in [1.29, 1.82) is 0 Å². The number of hydrogen-bond donors (Lipinski definition) is 1. The van der Waals surface area contributed by atoms with Crippen LogP contribution in [0, 0.1) is 0 Å². The number of carbonyl (C=O) groups excluding carboxylic acids is 1. The van der Waals surface area contributed by atoms with Crippen molar-refractivity contribution in [3.8, 4) is 5.75 Å². The number of methoxy groups -OCH3 is 1. The van der Waals surface area contributed by atoms with E-state index in [1.165, 1.54) is 30.6 Å². The highest BCUT2D eigenvalue weighted by Crippen LogP contribution is 2.26. The van der Waals surface area contributed by atoms with Crippen molar-refractivity contribution < 1.29 is 17.9 Å². The molecule has 1 aliphatic rings. The first kappa shape index (κ1) is 18.9. The van der Waals surface area contributed by atoms with E-state index >= 15 is 0 Å². The second kappa shape index (κ2) is 8.20. The normalized spacial score (nSPS) is 15.0. The molecule has 2 heterocycles. The second-order valence-electron chi connectivity index (χ2n) is 6.12. The topological polar surface area (TPSA) is 75.7 Å². The van der Waals surface area contributed by atoms with Gasteiger partial charge < -0.3 is 9.64 Å². The van der Waals surface area contributed by atoms with Gasteiger partial charge in [-0.1, -0.05) is 6.07 Å². The van der Waals surface area contributed by atoms with Crippen LogP contribution in [-0.2, 0) is 16.6 Å². The van der Waals surface area contributed by atoms with Crippen LogP contribution in [0.5, 0.6) is 5.75 Å². The number of thiophene rings is 1. The molecule has 0 spiro atoms. The minimum Gasteiger partial charge on any atom is -0.495 e. The summed E-state index contributed by atoms with van der Waals surface area (Å²) >= 11 is 1.48. The number of ether oxygens (including phenoxy) is 1. The first-order valence-electron chi connectivity index (χ1n) is 8.50. The fraction of sp³-hybridized carbons (Fsp3) is 0.389. The Bertz CT molecular complexity index is 857. The van der Waals surface area contributed by atoms with E-state index in [4.69, 9.17) is 4.74 Å². The highest BCUT2D eigenvalue weighted by molar-refractivity contribution is 7.89. The van der Waals surface area contributed by atoms with Crippen molar-refractivity contribution >= 4 is 27.3 Å². The molecule has 26 heavy (non-hydrogen) atoms. The highest BCUT2D eigenvalue weighted by atomic mass is 32.2. The van der Waals surface area contributed by atoms with Crippen molar-refractivity contribution in [2.75, 3.05) is 20.2 Å². The molecule has 3 rings (SSSR count). The van der Waals surface area contributed by atoms with Gasteiger partial charge in [-0.25, -0.2) is 13.1 Å². The lowest BCUT2D eigenvalue weighted by molar-refractivity contribution is 0.0724. The van der Waals surface area contributed by atoms with Gasteiger partial charge in [0.2, 0.25) is 10.0 Å². The summed E-state index contributed by atoms with van der Waals surface area (Å²) in [5.74, 6) is 0.0842. The van der Waals surface area contributed by atoms with Gasteiger partial charge in [-0.3, -0.25) is 4.79 Å². The van der Waals surface area contributed by atoms with Crippen LogP contribution in [0.4, 0.5) is 0 Å². The highest BCUT2D eigenvalue weighted by Gasteiger charge is 2.24. The molecule has 0 atom stereocenters. The monoisotopic (exact) mass is 394 g/mol. The van der Waals surface area contributed by atoms with E-state index in [0.29, 0.717) is 18.7 Å². The number of piperidine rings is 1. The molecule has 1 aromatic carbocycles. The fourth-order valence-corrected chi connectivity index (χ4v) is 4.89. The lowest BCUT2D eigenvalue weighted by Crippen LogP contribution is -2.35. The molecule has 1 saturated heterocycles. The number of hydrogen-bond acceptors (Lipinski definition) is 5. The van der Waals surface area contributed by atoms with E-state index < -0.39 is 10.0 Å². The van der Waals surface area contributed by atoms with E-state index in [2.05, 4.69) is 4.72 Å². The Morgan fingerprint density at radius 3 is 2.65 bits per heavy atom. The summed E-state index contributed by atoms with van der Waals surface area (Å²) in [6, 6.07) is 8.30. The number of nitrogens with one attached hydrogen (secondary N) is 1. The zero-order chi connectivity index (χ0) is 18.6. The maximum absolute atomic E-state index is 12.7. The van der Waals surface area contributed by atoms with Gasteiger partial charge in [0, 0.05) is 30.1 Å². The number of benzene rings is 1. The predicted molar refractivity (Wildman–Crippen MR) is 101 cm³/mol. The Labute approximate surface area is 157 Å². The molecule has 140 valence electrons. The Hall–Kier alpha value is -1.90. The number of carbonyl (C=O) groups is 1. The molecular formula is C18H22N2O4S2. The minimum atomic E-state index is -3.80. The van der Waals surface area contributed by atoms with Gasteiger partial charge in [-0.15, -0.1) is 11.3 Å². The Morgan fingerprint density at radius 1 is 1.23 bits per heavy atom. The van der Waals surface area contributed by atoms with E-state index in [9.17, 15) is 13.2 Å². The predicted octanol–water partition coefficient (Wildman–Crippen LogP) is 2.86. The smallest absolute Gasteiger partial charge is 0.253 e. The van der Waals surface area contributed by atoms with Crippen molar-refractivity contribution in [1.82, 2.24) is 9.62 Å². The zero-order valence-electron chi connectivity index (χ0n) is 14.6. The largest absolute Gasteiger partial charge is 0.495 e. The quantitative estimate of drug-likeness (QED) is 0.817. The Morgan fingerprint density at radius 2 is 2.00 bits per heavy atom. The summed E-state index contributed by atoms with van der Waals surface area (Å²) < 4.78 is 33.3. The molecular weight excluding hydrogens is 372 g/mol. The molecule has 1 amide bonds. The maximum atomic E-state index is 12.7. The summed E-state index contributed by atoms with van der Waals surface area (Å²) in [5, 5.41) is 1.89. The number of likely N-dealkylation sites (tertiary alicyclic amines) is 1. The average Bonchev–Trinajstić information content (AvgIpc) is 3.20. The van der Waals surface area contributed by atoms with Gasteiger partial charge in [-0.05, 0) is 48.9 Å². The number of nitrogens with zero attached hydrogens (tertiary/aromatic N) is 1. The van der Waals surface area contributed by atoms with Crippen LogP contribution < -0.4 is 9.46 Å². The third-order valence-electron chi connectivity index (χ3n) is 4.36. The van der Waals surface area contributed by atoms with E-state index in [1.807, 2.05) is 17.5 Å². The Balaban J connectivity index is 1.85. The molecule has 1 N–H and O–H groups in total. The van der Waals surface area contributed by atoms with Crippen LogP contribution >= 0.6 is 11.3 Å². The third-order valence-corrected chi connectivity index (χ3v) is 6.66. The molecule has 1 aromatic heterocycles. The third kappa shape index (κ3) is 4.25. The van der Waals surface area contributed by atoms with Gasteiger partial charge in [0.15, 0.2) is 0 Å². The van der Waals surface area contributed by atoms with Crippen molar-refractivity contribution in [3.05, 3.63) is 46.2 Å². The minimum absolute atomic E-state index is 0.0144. The lowest BCUT2D eigenvalue weighted by Gasteiger charge is -2.27. The van der Waals surface area contributed by atoms with Gasteiger partial charge >= 0.3 is 0 Å². The van der Waals surface area contributed by atoms with Crippen LogP contribution in [0.15, 0.2) is 40.6 Å². The summed E-state index contributed by atoms with van der Waals surface area (Å²) in [4.78, 5) is 15.4. The van der Waals surface area contributed by atoms with Crippen molar-refractivity contribution in [2.24, 2.45) is 0 Å². The van der Waals surface area contributed by atoms with E-state index in [-0.39, 0.29) is 23.1 Å². The molecule has 6 nitrogen and oxygen atoms in total. The summed E-state index contributed by atoms with van der Waals surface area (Å²) in [5.41, 5.74) is 0.365. The SMILES string of the molecule is COc1ccc(C(=O)N2CCCCC2)cc1S(=O)(=O)NCc1cccs1. The van der Waals surface area contributed by atoms with Crippen LogP contribution in [0.2, 0.25) is 0 Å². The van der Waals surface area contributed by atoms with E-state index in [0.717, 1.165) is 24.1 Å². The lowest BCUT2D eigenvalue weighted by atomic mass is 10.1. The summed E-state index contributed by atoms with van der Waals surface area (Å²) in [6.45, 7) is 1.63. The number of sulfonamides is 1. The van der Waals surface area contributed by atoms with Crippen molar-refractivity contribution in [3.63, 3.8) is 0 Å². The molecule has 0 bridgehead atoms. The van der Waals surface area contributed by atoms with Crippen LogP contribution in [0.25, 0.3) is 0 Å². The van der Waals surface area contributed by atoms with E-state index in [1.54, 1.807) is 11.0 Å². The average molecular weight is 395 g/mol. The maximum Gasteiger partial charge on any atom is 0.253 e. The van der Waals surface area contributed by atoms with Gasteiger partial charge in [-0.2, -0.15) is 0 Å². The first-order valence-corrected chi connectivity index (χ1v) is 10.9. The molecule has 8 heteroatoms. The van der Waals surface area contributed by atoms with Crippen molar-refractivity contribution in [2.45, 2.75) is 30.7 Å². The number of rotatable bonds is 6. The first-order chi connectivity index (χ1) is 12.5. The molecule has 1 aliphatic heterocycles. The molecule has 1 fully saturated rings. The fourth-order valence-electron chi connectivity index (χ4n) is 2.96. The summed E-state index contributed by atoms with van der Waals surface area (Å²) in [6.07, 6.45) is 3.09. The zero-order valence-corrected chi connectivity index (χ0v) is 16.2. The van der Waals surface area contributed by atoms with Crippen LogP contribution in [0.1, 0.15) is 34.5 Å². The van der Waals surface area contributed by atoms with Crippen LogP contribution in [0.3, 0.4) is 0 Å². The van der Waals surface area contributed by atoms with Gasteiger partial charge in [0.05, 0.1) is 7.11 Å². The number of amides is 1. The second-order valence-corrected chi connectivity index (χ2v) is 8.89. The molecule has 0 saturated carbocycles. The standard InChI is InChI=1S/C18H22N2O4S2/c1-24-16-8-7-14(18(21)20-9-3-2-4-10-20)12-17(16)26(22,23)19-13-15-6-5-11-25-15/h5-8,11-12,19H,2-4,9-10,13H2,1H3.